The quantitative estimate of drug-likeness (QED) is 0.911. The van der Waals surface area contributed by atoms with Crippen LogP contribution in [-0.4, -0.2) is 11.1 Å². The lowest BCUT2D eigenvalue weighted by Gasteiger charge is -2.03. The third kappa shape index (κ3) is 2.65. The molecule has 1 N–H and O–H groups in total. The van der Waals surface area contributed by atoms with Gasteiger partial charge in [0.2, 0.25) is 0 Å². The maximum Gasteiger partial charge on any atom is 0.337 e. The lowest BCUT2D eigenvalue weighted by molar-refractivity contribution is 0.0697. The van der Waals surface area contributed by atoms with E-state index < -0.39 is 5.97 Å². The minimum Gasteiger partial charge on any atom is -0.478 e. The second kappa shape index (κ2) is 4.85. The molecule has 0 aliphatic rings. The van der Waals surface area contributed by atoms with E-state index in [0.717, 1.165) is 15.6 Å². The number of carboxylic acid groups (broad SMARTS) is 1. The van der Waals surface area contributed by atoms with E-state index in [1.54, 1.807) is 18.4 Å². The van der Waals surface area contributed by atoms with E-state index >= 15 is 0 Å². The number of aryl methyl sites for hydroxylation is 1. The fourth-order valence-corrected chi connectivity index (χ4v) is 2.55. The van der Waals surface area contributed by atoms with Crippen molar-refractivity contribution in [1.82, 2.24) is 0 Å². The van der Waals surface area contributed by atoms with Gasteiger partial charge in [0.1, 0.15) is 5.76 Å². The van der Waals surface area contributed by atoms with Crippen LogP contribution in [0.15, 0.2) is 44.7 Å². The molecule has 0 unspecified atom stereocenters. The highest BCUT2D eigenvalue weighted by Gasteiger charge is 2.10. The van der Waals surface area contributed by atoms with Crippen LogP contribution in [0.2, 0.25) is 5.02 Å². The third-order valence-electron chi connectivity index (χ3n) is 2.21. The number of furan rings is 1. The van der Waals surface area contributed by atoms with Gasteiger partial charge in [0.15, 0.2) is 0 Å². The van der Waals surface area contributed by atoms with Crippen molar-refractivity contribution in [2.24, 2.45) is 0 Å². The molecule has 1 aromatic carbocycles. The predicted molar refractivity (Wildman–Crippen MR) is 66.0 cm³/mol. The van der Waals surface area contributed by atoms with Gasteiger partial charge in [0, 0.05) is 4.90 Å². The summed E-state index contributed by atoms with van der Waals surface area (Å²) in [6.45, 7) is 1.87. The van der Waals surface area contributed by atoms with E-state index in [-0.39, 0.29) is 10.6 Å². The lowest BCUT2D eigenvalue weighted by Crippen LogP contribution is -1.96. The standard InChI is InChI=1S/C12H9ClO3S/c1-7-11(4-5-16-7)17-8-2-3-9(12(14)15)10(13)6-8/h2-6H,1H3,(H,14,15). The average Bonchev–Trinajstić information content (AvgIpc) is 2.64. The summed E-state index contributed by atoms with van der Waals surface area (Å²) in [5, 5.41) is 9.09. The molecule has 3 nitrogen and oxygen atoms in total. The summed E-state index contributed by atoms with van der Waals surface area (Å²) in [4.78, 5) is 12.7. The molecule has 88 valence electrons. The largest absolute Gasteiger partial charge is 0.478 e. The summed E-state index contributed by atoms with van der Waals surface area (Å²) >= 11 is 7.37. The van der Waals surface area contributed by atoms with Gasteiger partial charge in [0.05, 0.1) is 21.7 Å². The fraction of sp³-hybridized carbons (Fsp3) is 0.0833. The number of carboxylic acids is 1. The predicted octanol–water partition coefficient (Wildman–Crippen LogP) is 4.09. The summed E-state index contributed by atoms with van der Waals surface area (Å²) in [6, 6.07) is 6.73. The molecular weight excluding hydrogens is 260 g/mol. The number of halogens is 1. The Bertz CT molecular complexity index is 563. The smallest absolute Gasteiger partial charge is 0.337 e. The molecule has 0 amide bonds. The van der Waals surface area contributed by atoms with Gasteiger partial charge in [-0.25, -0.2) is 4.79 Å². The van der Waals surface area contributed by atoms with Gasteiger partial charge in [0.25, 0.3) is 0 Å². The van der Waals surface area contributed by atoms with Crippen LogP contribution in [0.5, 0.6) is 0 Å². The molecule has 1 aromatic heterocycles. The van der Waals surface area contributed by atoms with E-state index in [4.69, 9.17) is 21.1 Å². The Kier molecular flexibility index (Phi) is 3.45. The molecule has 0 spiro atoms. The van der Waals surface area contributed by atoms with Crippen molar-refractivity contribution in [3.05, 3.63) is 46.9 Å². The number of aromatic carboxylic acids is 1. The second-order valence-corrected chi connectivity index (χ2v) is 4.91. The van der Waals surface area contributed by atoms with E-state index in [1.165, 1.54) is 17.8 Å². The van der Waals surface area contributed by atoms with Crippen LogP contribution in [-0.2, 0) is 0 Å². The topological polar surface area (TPSA) is 50.4 Å². The number of rotatable bonds is 3. The Hall–Kier alpha value is -1.39. The average molecular weight is 269 g/mol. The molecule has 2 rings (SSSR count). The Balaban J connectivity index is 2.27. The first kappa shape index (κ1) is 12.1. The Morgan fingerprint density at radius 1 is 1.41 bits per heavy atom. The lowest BCUT2D eigenvalue weighted by atomic mass is 10.2. The third-order valence-corrected chi connectivity index (χ3v) is 3.66. The summed E-state index contributed by atoms with van der Waals surface area (Å²) in [5.41, 5.74) is 0.111. The molecule has 0 saturated heterocycles. The van der Waals surface area contributed by atoms with Crippen molar-refractivity contribution in [3.63, 3.8) is 0 Å². The molecule has 0 atom stereocenters. The van der Waals surface area contributed by atoms with Crippen molar-refractivity contribution < 1.29 is 14.3 Å². The van der Waals surface area contributed by atoms with Crippen molar-refractivity contribution >= 4 is 29.3 Å². The minimum absolute atomic E-state index is 0.111. The van der Waals surface area contributed by atoms with Crippen LogP contribution in [0.4, 0.5) is 0 Å². The maximum absolute atomic E-state index is 10.8. The van der Waals surface area contributed by atoms with Crippen LogP contribution in [0.1, 0.15) is 16.1 Å². The van der Waals surface area contributed by atoms with Crippen molar-refractivity contribution in [2.45, 2.75) is 16.7 Å². The summed E-state index contributed by atoms with van der Waals surface area (Å²) in [6.07, 6.45) is 1.62. The molecular formula is C12H9ClO3S. The second-order valence-electron chi connectivity index (χ2n) is 3.39. The first-order chi connectivity index (χ1) is 8.08. The van der Waals surface area contributed by atoms with E-state index in [0.29, 0.717) is 0 Å². The van der Waals surface area contributed by atoms with Gasteiger partial charge < -0.3 is 9.52 Å². The molecule has 0 aliphatic carbocycles. The first-order valence-corrected chi connectivity index (χ1v) is 6.02. The van der Waals surface area contributed by atoms with E-state index in [9.17, 15) is 4.79 Å². The number of hydrogen-bond donors (Lipinski definition) is 1. The maximum atomic E-state index is 10.8. The zero-order valence-corrected chi connectivity index (χ0v) is 10.5. The Labute approximate surface area is 107 Å². The SMILES string of the molecule is Cc1occc1Sc1ccc(C(=O)O)c(Cl)c1. The van der Waals surface area contributed by atoms with Gasteiger partial charge in [-0.15, -0.1) is 0 Å². The highest BCUT2D eigenvalue weighted by atomic mass is 35.5. The zero-order valence-electron chi connectivity index (χ0n) is 8.94. The van der Waals surface area contributed by atoms with Gasteiger partial charge in [-0.05, 0) is 31.2 Å². The minimum atomic E-state index is -1.02. The van der Waals surface area contributed by atoms with Crippen LogP contribution in [0.3, 0.4) is 0 Å². The summed E-state index contributed by atoms with van der Waals surface area (Å²) < 4.78 is 5.18. The molecule has 0 saturated carbocycles. The van der Waals surface area contributed by atoms with Gasteiger partial charge in [-0.3, -0.25) is 0 Å². The molecule has 0 bridgehead atoms. The van der Waals surface area contributed by atoms with Gasteiger partial charge in [-0.1, -0.05) is 23.4 Å². The summed E-state index contributed by atoms with van der Waals surface area (Å²) in [5.74, 6) is -0.195. The molecule has 2 aromatic rings. The number of carbonyl (C=O) groups is 1. The molecule has 0 fully saturated rings. The zero-order chi connectivity index (χ0) is 12.4. The highest BCUT2D eigenvalue weighted by Crippen LogP contribution is 2.33. The normalized spacial score (nSPS) is 10.5. The molecule has 0 radical (unpaired) electrons. The van der Waals surface area contributed by atoms with E-state index in [2.05, 4.69) is 0 Å². The van der Waals surface area contributed by atoms with Gasteiger partial charge in [-0.2, -0.15) is 0 Å². The number of benzene rings is 1. The van der Waals surface area contributed by atoms with Crippen LogP contribution in [0, 0.1) is 6.92 Å². The highest BCUT2D eigenvalue weighted by molar-refractivity contribution is 7.99. The monoisotopic (exact) mass is 268 g/mol. The molecule has 5 heteroatoms. The number of hydrogen-bond acceptors (Lipinski definition) is 3. The summed E-state index contributed by atoms with van der Waals surface area (Å²) in [7, 11) is 0. The Morgan fingerprint density at radius 3 is 2.71 bits per heavy atom. The first-order valence-electron chi connectivity index (χ1n) is 4.82. The fourth-order valence-electron chi connectivity index (χ4n) is 1.34. The van der Waals surface area contributed by atoms with Crippen LogP contribution in [0.25, 0.3) is 0 Å². The van der Waals surface area contributed by atoms with Crippen LogP contribution >= 0.6 is 23.4 Å². The van der Waals surface area contributed by atoms with Crippen molar-refractivity contribution in [1.29, 1.82) is 0 Å². The van der Waals surface area contributed by atoms with Crippen molar-refractivity contribution in [2.75, 3.05) is 0 Å². The molecule has 17 heavy (non-hydrogen) atoms. The Morgan fingerprint density at radius 2 is 2.18 bits per heavy atom. The van der Waals surface area contributed by atoms with Crippen LogP contribution < -0.4 is 0 Å². The molecule has 0 aliphatic heterocycles. The molecule has 1 heterocycles. The van der Waals surface area contributed by atoms with Crippen molar-refractivity contribution in [3.8, 4) is 0 Å². The van der Waals surface area contributed by atoms with Gasteiger partial charge >= 0.3 is 5.97 Å². The van der Waals surface area contributed by atoms with E-state index in [1.807, 2.05) is 13.0 Å².